The molecule has 0 fully saturated rings. The van der Waals surface area contributed by atoms with Gasteiger partial charge in [-0.05, 0) is 110 Å². The first-order chi connectivity index (χ1) is 45.2. The highest BCUT2D eigenvalue weighted by Gasteiger charge is 2.40. The van der Waals surface area contributed by atoms with Crippen LogP contribution in [0.15, 0.2) is 115 Å². The van der Waals surface area contributed by atoms with Crippen molar-refractivity contribution in [1.82, 2.24) is 0 Å². The van der Waals surface area contributed by atoms with Crippen molar-refractivity contribution < 1.29 is 59.7 Å². The smallest absolute Gasteiger partial charge is 0.429 e. The summed E-state index contributed by atoms with van der Waals surface area (Å²) < 4.78 is 76.6. The quantitative estimate of drug-likeness (QED) is 0.161. The van der Waals surface area contributed by atoms with Crippen LogP contribution in [0.5, 0.6) is 28.7 Å². The van der Waals surface area contributed by atoms with Gasteiger partial charge in [0.05, 0.1) is 0 Å². The Morgan fingerprint density at radius 2 is 0.722 bits per heavy atom. The number of hydrogen-bond acceptors (Lipinski definition) is 5. The maximum absolute atomic E-state index is 12.5. The van der Waals surface area contributed by atoms with Crippen molar-refractivity contribution in [3.63, 3.8) is 0 Å². The number of alkyl halides is 3. The van der Waals surface area contributed by atoms with E-state index in [1.807, 2.05) is 52.0 Å². The molecule has 0 saturated heterocycles. The van der Waals surface area contributed by atoms with Crippen LogP contribution < -0.4 is 23.7 Å². The molecule has 5 heterocycles. The summed E-state index contributed by atoms with van der Waals surface area (Å²) in [5.74, 6) is 6.21. The van der Waals surface area contributed by atoms with Gasteiger partial charge in [0.25, 0.3) is 68.3 Å². The molecule has 97 heavy (non-hydrogen) atoms. The number of rotatable bonds is 5. The first kappa shape index (κ1) is 74.5. The molecule has 0 aromatic heterocycles. The molecule has 10 nitrogen and oxygen atoms in total. The maximum Gasteiger partial charge on any atom is 0.469 e. The van der Waals surface area contributed by atoms with E-state index < -0.39 is 6.18 Å². The third-order valence-corrected chi connectivity index (χ3v) is 17.1. The van der Waals surface area contributed by atoms with Crippen molar-refractivity contribution in [2.45, 2.75) is 200 Å². The Kier molecular flexibility index (Phi) is 22.9. The van der Waals surface area contributed by atoms with E-state index in [0.717, 1.165) is 44.4 Å². The summed E-state index contributed by atoms with van der Waals surface area (Å²) in [7, 11) is 0. The second-order valence-electron chi connectivity index (χ2n) is 31.7. The van der Waals surface area contributed by atoms with E-state index in [1.165, 1.54) is 78.3 Å². The Labute approximate surface area is 578 Å². The summed E-state index contributed by atoms with van der Waals surface area (Å²) in [6, 6.07) is 40.2. The molecule has 0 bridgehead atoms. The third kappa shape index (κ3) is 18.9. The van der Waals surface area contributed by atoms with Gasteiger partial charge in [0, 0.05) is 80.6 Å². The molecule has 7 aromatic rings. The maximum atomic E-state index is 12.5. The Hall–Kier alpha value is -8.32. The molecular formula is C84H109F3N5O5+5. The molecule has 7 aromatic carbocycles. The number of halogens is 3. The van der Waals surface area contributed by atoms with Gasteiger partial charge in [0.15, 0.2) is 24.9 Å². The molecule has 516 valence electrons. The fourth-order valence-electron chi connectivity index (χ4n) is 12.6. The Bertz CT molecular complexity index is 4050. The molecule has 12 rings (SSSR count). The van der Waals surface area contributed by atoms with Crippen LogP contribution in [0.1, 0.15) is 209 Å². The average Bonchev–Trinajstić information content (AvgIpc) is 1.72. The second kappa shape index (κ2) is 29.8. The standard InChI is InChI=1S/C20H24NO.C17H18NO.C17H26NO.C16H24NO.C14H17F3NO/c1-13(2)17-7-6-8-19-20(17)22-12-21(19)11-18-15(4)9-14(3)10-16(18)5;1-13(2)15-9-6-10-16-17(15)19-12-18(16)11-14-7-4-3-5-8-14;1-12-8-13(17(5,6)7)15-14(9-12)18(11-19-15)10-16(2,3)4;1-11(2)9-17-10-18-15-13(16(4,5)6)7-12(3)8-14(15)17;1-9-5-10(13(2,3)4)12-11(6-9)18(8-19-12)7-14(15,16)17/h6-11,13H,12H2,1-5H3;3-11,13H,12H2,1-2H3;8-10H,11H2,1-7H3;7-9,11H,10H2,1-6H3;5-7H,8H2,1-4H3/q5*+1/b21-11-;18-11-;18-10-;17-9-;18-7-. The summed E-state index contributed by atoms with van der Waals surface area (Å²) in [6.07, 6.45) is 4.75. The lowest BCUT2D eigenvalue weighted by Crippen LogP contribution is -2.19. The van der Waals surface area contributed by atoms with Crippen molar-refractivity contribution >= 4 is 59.5 Å². The zero-order chi connectivity index (χ0) is 71.4. The third-order valence-electron chi connectivity index (χ3n) is 17.1. The number of hydrogen-bond donors (Lipinski definition) is 0. The van der Waals surface area contributed by atoms with Crippen LogP contribution in [0, 0.1) is 52.9 Å². The van der Waals surface area contributed by atoms with Gasteiger partial charge in [-0.25, -0.2) is 0 Å². The molecule has 0 saturated carbocycles. The van der Waals surface area contributed by atoms with E-state index in [2.05, 4.69) is 267 Å². The minimum absolute atomic E-state index is 0.0959. The van der Waals surface area contributed by atoms with Crippen LogP contribution in [0.4, 0.5) is 41.6 Å². The number of para-hydroxylation sites is 2. The molecule has 13 heteroatoms. The van der Waals surface area contributed by atoms with Crippen molar-refractivity contribution in [2.24, 2.45) is 11.3 Å². The molecule has 0 radical (unpaired) electrons. The van der Waals surface area contributed by atoms with Crippen molar-refractivity contribution in [3.05, 3.63) is 188 Å². The van der Waals surface area contributed by atoms with Crippen LogP contribution in [0.3, 0.4) is 0 Å². The SMILES string of the molecule is CC(C)c1cccc2c1OC/[N+]2=C/c1ccccc1.Cc1cc(C)c(/C=[N+]2/COc3c(C(C)C)cccc32)c(C)c1.Cc1cc2c(c(C(C)(C)C)c1)OC/[N+]2=C/C(C)(C)C.Cc1cc2c(c(C(C)(C)C)c1)OC/[N+]2=C/C(C)C.Cc1cc2c(c(C(C)(C)C)c1)OC/[N+]2=C/C(F)(F)F. The summed E-state index contributed by atoms with van der Waals surface area (Å²) in [6.45, 7) is 54.3. The molecule has 0 amide bonds. The number of benzene rings is 7. The highest BCUT2D eigenvalue weighted by molar-refractivity contribution is 5.82. The fourth-order valence-corrected chi connectivity index (χ4v) is 12.6. The molecule has 5 aliphatic rings. The second-order valence-corrected chi connectivity index (χ2v) is 31.7. The molecule has 0 aliphatic carbocycles. The Morgan fingerprint density at radius 3 is 1.09 bits per heavy atom. The topological polar surface area (TPSA) is 61.2 Å². The van der Waals surface area contributed by atoms with Crippen LogP contribution >= 0.6 is 0 Å². The van der Waals surface area contributed by atoms with E-state index in [9.17, 15) is 13.2 Å². The first-order valence-corrected chi connectivity index (χ1v) is 34.3. The Balaban J connectivity index is 0.000000155. The van der Waals surface area contributed by atoms with E-state index in [4.69, 9.17) is 23.7 Å². The summed E-state index contributed by atoms with van der Waals surface area (Å²) in [5, 5.41) is 0. The summed E-state index contributed by atoms with van der Waals surface area (Å²) >= 11 is 0. The summed E-state index contributed by atoms with van der Waals surface area (Å²) in [4.78, 5) is 0. The van der Waals surface area contributed by atoms with Gasteiger partial charge >= 0.3 is 6.18 Å². The van der Waals surface area contributed by atoms with Crippen LogP contribution in [0.25, 0.3) is 0 Å². The molecule has 0 atom stereocenters. The van der Waals surface area contributed by atoms with Crippen molar-refractivity contribution in [2.75, 3.05) is 33.7 Å². The molecule has 5 aliphatic heterocycles. The average molecular weight is 1330 g/mol. The van der Waals surface area contributed by atoms with E-state index in [-0.39, 0.29) is 34.6 Å². The number of aryl methyl sites for hydroxylation is 6. The van der Waals surface area contributed by atoms with Crippen LogP contribution in [-0.4, -0.2) is 93.8 Å². The molecule has 0 N–H and O–H groups in total. The summed E-state index contributed by atoms with van der Waals surface area (Å²) in [5.41, 5.74) is 21.5. The van der Waals surface area contributed by atoms with E-state index in [0.29, 0.717) is 56.1 Å². The van der Waals surface area contributed by atoms with Crippen molar-refractivity contribution in [1.29, 1.82) is 0 Å². The molecule has 0 spiro atoms. The van der Waals surface area contributed by atoms with E-state index in [1.54, 1.807) is 6.07 Å². The molecular weight excluding hydrogens is 1220 g/mol. The van der Waals surface area contributed by atoms with Crippen LogP contribution in [0.2, 0.25) is 0 Å². The highest BCUT2D eigenvalue weighted by atomic mass is 19.4. The minimum atomic E-state index is -4.35. The number of nitrogens with zero attached hydrogens (tertiary/aromatic N) is 5. The number of ether oxygens (including phenoxy) is 5. The zero-order valence-corrected chi connectivity index (χ0v) is 62.5. The predicted octanol–water partition coefficient (Wildman–Crippen LogP) is 21.1. The lowest BCUT2D eigenvalue weighted by molar-refractivity contribution is -0.460. The highest BCUT2D eigenvalue weighted by Crippen LogP contribution is 2.47. The van der Waals surface area contributed by atoms with Gasteiger partial charge in [-0.1, -0.05) is 203 Å². The zero-order valence-electron chi connectivity index (χ0n) is 62.5. The predicted molar refractivity (Wildman–Crippen MR) is 394 cm³/mol. The fraction of sp³-hybridized carbons (Fsp3) is 0.440. The van der Waals surface area contributed by atoms with Gasteiger partial charge in [0.2, 0.25) is 28.7 Å². The van der Waals surface area contributed by atoms with E-state index >= 15 is 0 Å². The number of fused-ring (bicyclic) bond motifs is 5. The minimum Gasteiger partial charge on any atom is -0.429 e. The van der Waals surface area contributed by atoms with Crippen LogP contribution in [-0.2, 0) is 16.2 Å². The monoisotopic (exact) mass is 1320 g/mol. The van der Waals surface area contributed by atoms with Gasteiger partial charge in [0.1, 0.15) is 0 Å². The van der Waals surface area contributed by atoms with Gasteiger partial charge < -0.3 is 23.7 Å². The van der Waals surface area contributed by atoms with Gasteiger partial charge in [-0.2, -0.15) is 36.0 Å². The lowest BCUT2D eigenvalue weighted by Gasteiger charge is -2.20. The first-order valence-electron chi connectivity index (χ1n) is 34.3. The normalized spacial score (nSPS) is 16.6. The van der Waals surface area contributed by atoms with Gasteiger partial charge in [-0.15, -0.1) is 0 Å². The Morgan fingerprint density at radius 1 is 0.371 bits per heavy atom. The largest absolute Gasteiger partial charge is 0.469 e. The van der Waals surface area contributed by atoms with Crippen molar-refractivity contribution in [3.8, 4) is 28.7 Å². The molecule has 0 unspecified atom stereocenters. The van der Waals surface area contributed by atoms with Gasteiger partial charge in [-0.3, -0.25) is 0 Å². The lowest BCUT2D eigenvalue weighted by atomic mass is 9.85.